The lowest BCUT2D eigenvalue weighted by molar-refractivity contribution is -0.140. The van der Waals surface area contributed by atoms with Crippen LogP contribution in [-0.2, 0) is 9.53 Å². The van der Waals surface area contributed by atoms with Crippen LogP contribution in [0.4, 0.5) is 8.78 Å². The van der Waals surface area contributed by atoms with Gasteiger partial charge in [0.2, 0.25) is 0 Å². The first-order chi connectivity index (χ1) is 7.98. The molecular formula is C10H21Cl2F2N3O2. The van der Waals surface area contributed by atoms with Gasteiger partial charge in [0.1, 0.15) is 6.10 Å². The zero-order chi connectivity index (χ0) is 12.9. The molecule has 1 unspecified atom stereocenters. The lowest BCUT2D eigenvalue weighted by atomic mass is 10.2. The minimum Gasteiger partial charge on any atom is -0.366 e. The largest absolute Gasteiger partial charge is 0.366 e. The molecule has 0 aromatic rings. The van der Waals surface area contributed by atoms with Gasteiger partial charge >= 0.3 is 0 Å². The number of carbonyl (C=O) groups is 1. The first-order valence-electron chi connectivity index (χ1n) is 5.68. The summed E-state index contributed by atoms with van der Waals surface area (Å²) in [6.07, 6.45) is -0.669. The molecule has 1 heterocycles. The monoisotopic (exact) mass is 323 g/mol. The zero-order valence-corrected chi connectivity index (χ0v) is 12.4. The van der Waals surface area contributed by atoms with Crippen molar-refractivity contribution in [1.82, 2.24) is 10.2 Å². The van der Waals surface area contributed by atoms with E-state index in [1.807, 2.05) is 11.8 Å². The Kier molecular flexibility index (Phi) is 10.7. The van der Waals surface area contributed by atoms with E-state index in [-0.39, 0.29) is 24.8 Å². The molecule has 1 fully saturated rings. The third kappa shape index (κ3) is 7.22. The maximum atomic E-state index is 12.8. The summed E-state index contributed by atoms with van der Waals surface area (Å²) in [6, 6.07) is 0. The summed E-state index contributed by atoms with van der Waals surface area (Å²) in [5.74, 6) is -3.56. The van der Waals surface area contributed by atoms with Crippen LogP contribution in [-0.4, -0.2) is 62.2 Å². The Morgan fingerprint density at radius 2 is 2.16 bits per heavy atom. The Hall–Kier alpha value is -0.210. The number of carbonyl (C=O) groups excluding carboxylic acids is 1. The van der Waals surface area contributed by atoms with Crippen molar-refractivity contribution in [3.63, 3.8) is 0 Å². The molecular weight excluding hydrogens is 303 g/mol. The second kappa shape index (κ2) is 9.66. The number of morpholine rings is 1. The maximum Gasteiger partial charge on any atom is 0.277 e. The van der Waals surface area contributed by atoms with Gasteiger partial charge in [-0.15, -0.1) is 24.8 Å². The van der Waals surface area contributed by atoms with Crippen molar-refractivity contribution < 1.29 is 18.3 Å². The number of rotatable bonds is 5. The highest BCUT2D eigenvalue weighted by molar-refractivity contribution is 5.85. The second-order valence-corrected chi connectivity index (χ2v) is 4.03. The fraction of sp³-hybridized carbons (Fsp3) is 0.900. The third-order valence-electron chi connectivity index (χ3n) is 2.71. The Morgan fingerprint density at radius 3 is 2.68 bits per heavy atom. The van der Waals surface area contributed by atoms with Crippen LogP contribution in [0.5, 0.6) is 0 Å². The van der Waals surface area contributed by atoms with E-state index in [1.165, 1.54) is 0 Å². The molecule has 1 aliphatic heterocycles. The number of hydrogen-bond donors (Lipinski definition) is 2. The number of nitrogens with two attached hydrogens (primary N) is 1. The number of nitrogens with one attached hydrogen (secondary N) is 1. The molecule has 0 aliphatic carbocycles. The molecule has 1 rings (SSSR count). The molecule has 0 aromatic carbocycles. The molecule has 0 aromatic heterocycles. The fourth-order valence-electron chi connectivity index (χ4n) is 1.55. The van der Waals surface area contributed by atoms with Crippen LogP contribution in [0.2, 0.25) is 0 Å². The lowest BCUT2D eigenvalue weighted by Crippen LogP contribution is -2.52. The first kappa shape index (κ1) is 21.1. The summed E-state index contributed by atoms with van der Waals surface area (Å²) in [5.41, 5.74) is 4.87. The molecule has 1 saturated heterocycles. The van der Waals surface area contributed by atoms with Crippen molar-refractivity contribution in [3.8, 4) is 0 Å². The molecule has 1 aliphatic rings. The van der Waals surface area contributed by atoms with Crippen molar-refractivity contribution in [2.45, 2.75) is 19.0 Å². The smallest absolute Gasteiger partial charge is 0.277 e. The predicted molar refractivity (Wildman–Crippen MR) is 73.4 cm³/mol. The third-order valence-corrected chi connectivity index (χ3v) is 2.71. The molecule has 1 atom stereocenters. The van der Waals surface area contributed by atoms with Gasteiger partial charge < -0.3 is 15.8 Å². The van der Waals surface area contributed by atoms with Gasteiger partial charge in [-0.3, -0.25) is 9.69 Å². The average molecular weight is 324 g/mol. The van der Waals surface area contributed by atoms with Gasteiger partial charge in [0.25, 0.3) is 11.8 Å². The normalized spacial score (nSPS) is 20.1. The molecule has 0 spiro atoms. The second-order valence-electron chi connectivity index (χ2n) is 4.03. The molecule has 5 nitrogen and oxygen atoms in total. The Labute approximate surface area is 124 Å². The number of likely N-dealkylation sites (N-methyl/N-ethyl adjacent to an activating group) is 1. The Morgan fingerprint density at radius 1 is 1.53 bits per heavy atom. The standard InChI is InChI=1S/C10H19F2N3O2.2ClH/c1-2-15-3-4-17-8(5-15)9(16)14-7-10(11,12)6-13;;/h8H,2-7,13H2,1H3,(H,14,16);2*1H. The SMILES string of the molecule is CCN1CCOC(C(=O)NCC(F)(F)CN)C1.Cl.Cl. The molecule has 3 N–H and O–H groups in total. The Balaban J connectivity index is 0. The lowest BCUT2D eigenvalue weighted by Gasteiger charge is -2.31. The van der Waals surface area contributed by atoms with E-state index in [9.17, 15) is 13.6 Å². The van der Waals surface area contributed by atoms with Gasteiger partial charge in [-0.2, -0.15) is 0 Å². The minimum absolute atomic E-state index is 0. The molecule has 0 radical (unpaired) electrons. The van der Waals surface area contributed by atoms with Crippen LogP contribution >= 0.6 is 24.8 Å². The number of amides is 1. The van der Waals surface area contributed by atoms with Crippen molar-refractivity contribution in [2.75, 3.05) is 39.3 Å². The van der Waals surface area contributed by atoms with Gasteiger partial charge in [-0.05, 0) is 6.54 Å². The molecule has 1 amide bonds. The number of ether oxygens (including phenoxy) is 1. The van der Waals surface area contributed by atoms with E-state index in [0.29, 0.717) is 13.2 Å². The number of hydrogen-bond acceptors (Lipinski definition) is 4. The molecule has 116 valence electrons. The van der Waals surface area contributed by atoms with E-state index in [0.717, 1.165) is 13.1 Å². The van der Waals surface area contributed by atoms with Crippen LogP contribution in [0, 0.1) is 0 Å². The summed E-state index contributed by atoms with van der Waals surface area (Å²) in [5, 5.41) is 2.17. The van der Waals surface area contributed by atoms with Gasteiger partial charge in [0, 0.05) is 13.1 Å². The van der Waals surface area contributed by atoms with Crippen LogP contribution in [0.25, 0.3) is 0 Å². The highest BCUT2D eigenvalue weighted by Crippen LogP contribution is 2.10. The summed E-state index contributed by atoms with van der Waals surface area (Å²) in [6.45, 7) is 2.91. The fourth-order valence-corrected chi connectivity index (χ4v) is 1.55. The van der Waals surface area contributed by atoms with Crippen molar-refractivity contribution in [1.29, 1.82) is 0 Å². The van der Waals surface area contributed by atoms with E-state index in [1.54, 1.807) is 0 Å². The van der Waals surface area contributed by atoms with Gasteiger partial charge in [0.05, 0.1) is 19.7 Å². The van der Waals surface area contributed by atoms with Crippen LogP contribution in [0.15, 0.2) is 0 Å². The molecule has 19 heavy (non-hydrogen) atoms. The number of nitrogens with zero attached hydrogens (tertiary/aromatic N) is 1. The maximum absolute atomic E-state index is 12.8. The summed E-state index contributed by atoms with van der Waals surface area (Å²) in [7, 11) is 0. The quantitative estimate of drug-likeness (QED) is 0.761. The van der Waals surface area contributed by atoms with E-state index in [2.05, 4.69) is 5.32 Å². The van der Waals surface area contributed by atoms with Crippen LogP contribution in [0.1, 0.15) is 6.92 Å². The van der Waals surface area contributed by atoms with E-state index >= 15 is 0 Å². The highest BCUT2D eigenvalue weighted by atomic mass is 35.5. The van der Waals surface area contributed by atoms with Gasteiger partial charge in [-0.1, -0.05) is 6.92 Å². The first-order valence-corrected chi connectivity index (χ1v) is 5.68. The van der Waals surface area contributed by atoms with Crippen molar-refractivity contribution in [3.05, 3.63) is 0 Å². The number of halogens is 4. The highest BCUT2D eigenvalue weighted by Gasteiger charge is 2.31. The topological polar surface area (TPSA) is 67.6 Å². The zero-order valence-electron chi connectivity index (χ0n) is 10.7. The average Bonchev–Trinajstić information content (AvgIpc) is 2.36. The van der Waals surface area contributed by atoms with Gasteiger partial charge in [0.15, 0.2) is 0 Å². The van der Waals surface area contributed by atoms with Crippen molar-refractivity contribution >= 4 is 30.7 Å². The molecule has 0 saturated carbocycles. The summed E-state index contributed by atoms with van der Waals surface area (Å²) < 4.78 is 30.9. The number of alkyl halides is 2. The summed E-state index contributed by atoms with van der Waals surface area (Å²) in [4.78, 5) is 13.6. The Bertz CT molecular complexity index is 273. The predicted octanol–water partition coefficient (Wildman–Crippen LogP) is 0.261. The van der Waals surface area contributed by atoms with Crippen molar-refractivity contribution in [2.24, 2.45) is 5.73 Å². The van der Waals surface area contributed by atoms with Crippen LogP contribution < -0.4 is 11.1 Å². The molecule has 0 bridgehead atoms. The summed E-state index contributed by atoms with van der Waals surface area (Å²) >= 11 is 0. The molecule has 9 heteroatoms. The minimum atomic E-state index is -3.06. The van der Waals surface area contributed by atoms with Crippen LogP contribution in [0.3, 0.4) is 0 Å². The van der Waals surface area contributed by atoms with E-state index < -0.39 is 31.0 Å². The van der Waals surface area contributed by atoms with E-state index in [4.69, 9.17) is 10.5 Å². The van der Waals surface area contributed by atoms with Gasteiger partial charge in [-0.25, -0.2) is 8.78 Å².